The van der Waals surface area contributed by atoms with Crippen LogP contribution in [0.4, 0.5) is 10.1 Å². The summed E-state index contributed by atoms with van der Waals surface area (Å²) in [5.74, 6) is 0.953. The van der Waals surface area contributed by atoms with E-state index in [9.17, 15) is 9.18 Å². The van der Waals surface area contributed by atoms with E-state index in [-0.39, 0.29) is 11.7 Å². The van der Waals surface area contributed by atoms with Gasteiger partial charge in [0.1, 0.15) is 5.82 Å². The summed E-state index contributed by atoms with van der Waals surface area (Å²) < 4.78 is 12.8. The first-order chi connectivity index (χ1) is 9.02. The average molecular weight is 264 g/mol. The van der Waals surface area contributed by atoms with Gasteiger partial charge in [0.2, 0.25) is 5.91 Å². The molecule has 1 fully saturated rings. The number of rotatable bonds is 3. The van der Waals surface area contributed by atoms with Crippen LogP contribution in [0.25, 0.3) is 0 Å². The Bertz CT molecular complexity index is 422. The van der Waals surface area contributed by atoms with Crippen molar-refractivity contribution in [3.05, 3.63) is 30.1 Å². The molecule has 104 valence electrons. The molecule has 1 amide bonds. The second kappa shape index (κ2) is 6.15. The smallest absolute Gasteiger partial charge is 0.238 e. The summed E-state index contributed by atoms with van der Waals surface area (Å²) in [5, 5.41) is 2.80. The molecule has 19 heavy (non-hydrogen) atoms. The third-order valence-corrected chi connectivity index (χ3v) is 3.44. The monoisotopic (exact) mass is 264 g/mol. The number of anilines is 1. The first-order valence-corrected chi connectivity index (χ1v) is 6.80. The SMILES string of the molecule is C[C@@H]1C[C@H](C)CN(CC(=O)Nc2ccc(F)cc2)C1. The Morgan fingerprint density at radius 2 is 1.84 bits per heavy atom. The highest BCUT2D eigenvalue weighted by Crippen LogP contribution is 2.20. The topological polar surface area (TPSA) is 32.3 Å². The Balaban J connectivity index is 1.85. The first kappa shape index (κ1) is 14.0. The number of carbonyl (C=O) groups is 1. The maximum atomic E-state index is 12.8. The molecule has 1 saturated heterocycles. The van der Waals surface area contributed by atoms with Gasteiger partial charge in [-0.1, -0.05) is 13.8 Å². The lowest BCUT2D eigenvalue weighted by atomic mass is 9.92. The van der Waals surface area contributed by atoms with Crippen LogP contribution in [-0.4, -0.2) is 30.4 Å². The van der Waals surface area contributed by atoms with Crippen molar-refractivity contribution in [1.82, 2.24) is 4.90 Å². The molecule has 0 spiro atoms. The van der Waals surface area contributed by atoms with Crippen LogP contribution in [0.1, 0.15) is 20.3 Å². The van der Waals surface area contributed by atoms with E-state index in [4.69, 9.17) is 0 Å². The van der Waals surface area contributed by atoms with Gasteiger partial charge in [-0.15, -0.1) is 0 Å². The standard InChI is InChI=1S/C15H21FN2O/c1-11-7-12(2)9-18(8-11)10-15(19)17-14-5-3-13(16)4-6-14/h3-6,11-12H,7-10H2,1-2H3,(H,17,19)/t11-,12+. The highest BCUT2D eigenvalue weighted by molar-refractivity contribution is 5.92. The van der Waals surface area contributed by atoms with Crippen molar-refractivity contribution in [3.63, 3.8) is 0 Å². The Morgan fingerprint density at radius 1 is 1.26 bits per heavy atom. The van der Waals surface area contributed by atoms with E-state index in [0.29, 0.717) is 24.1 Å². The van der Waals surface area contributed by atoms with Crippen LogP contribution >= 0.6 is 0 Å². The summed E-state index contributed by atoms with van der Waals surface area (Å²) >= 11 is 0. The number of nitrogens with zero attached hydrogens (tertiary/aromatic N) is 1. The number of hydrogen-bond donors (Lipinski definition) is 1. The molecule has 3 nitrogen and oxygen atoms in total. The lowest BCUT2D eigenvalue weighted by Gasteiger charge is -2.34. The number of piperidine rings is 1. The maximum Gasteiger partial charge on any atom is 0.238 e. The molecule has 0 radical (unpaired) electrons. The number of halogens is 1. The van der Waals surface area contributed by atoms with E-state index < -0.39 is 0 Å². The predicted molar refractivity (Wildman–Crippen MR) is 74.4 cm³/mol. The van der Waals surface area contributed by atoms with Crippen LogP contribution in [-0.2, 0) is 4.79 Å². The average Bonchev–Trinajstić information content (AvgIpc) is 2.30. The highest BCUT2D eigenvalue weighted by atomic mass is 19.1. The van der Waals surface area contributed by atoms with E-state index in [1.807, 2.05) is 0 Å². The summed E-state index contributed by atoms with van der Waals surface area (Å²) in [7, 11) is 0. The van der Waals surface area contributed by atoms with Crippen molar-refractivity contribution in [2.75, 3.05) is 25.0 Å². The molecular weight excluding hydrogens is 243 g/mol. The summed E-state index contributed by atoms with van der Waals surface area (Å²) in [6.45, 7) is 6.80. The highest BCUT2D eigenvalue weighted by Gasteiger charge is 2.23. The van der Waals surface area contributed by atoms with Crippen LogP contribution in [0.2, 0.25) is 0 Å². The van der Waals surface area contributed by atoms with Crippen LogP contribution in [0, 0.1) is 17.7 Å². The molecule has 1 aliphatic rings. The van der Waals surface area contributed by atoms with Crippen LogP contribution in [0.5, 0.6) is 0 Å². The lowest BCUT2D eigenvalue weighted by molar-refractivity contribution is -0.117. The minimum atomic E-state index is -0.295. The van der Waals surface area contributed by atoms with Crippen molar-refractivity contribution in [2.24, 2.45) is 11.8 Å². The quantitative estimate of drug-likeness (QED) is 0.910. The molecule has 0 bridgehead atoms. The fourth-order valence-corrected chi connectivity index (χ4v) is 2.86. The van der Waals surface area contributed by atoms with Gasteiger partial charge >= 0.3 is 0 Å². The molecule has 2 atom stereocenters. The molecular formula is C15H21FN2O. The molecule has 1 heterocycles. The largest absolute Gasteiger partial charge is 0.325 e. The minimum absolute atomic E-state index is 0.0343. The molecule has 0 aromatic heterocycles. The molecule has 4 heteroatoms. The van der Waals surface area contributed by atoms with Gasteiger partial charge in [0.05, 0.1) is 6.54 Å². The van der Waals surface area contributed by atoms with Gasteiger partial charge in [0.25, 0.3) is 0 Å². The summed E-state index contributed by atoms with van der Waals surface area (Å²) in [6, 6.07) is 5.85. The van der Waals surface area contributed by atoms with Crippen molar-refractivity contribution >= 4 is 11.6 Å². The number of nitrogens with one attached hydrogen (secondary N) is 1. The van der Waals surface area contributed by atoms with E-state index >= 15 is 0 Å². The predicted octanol–water partition coefficient (Wildman–Crippen LogP) is 2.74. The molecule has 1 aliphatic heterocycles. The van der Waals surface area contributed by atoms with Gasteiger partial charge in [-0.2, -0.15) is 0 Å². The van der Waals surface area contributed by atoms with Crippen molar-refractivity contribution < 1.29 is 9.18 Å². The van der Waals surface area contributed by atoms with Gasteiger partial charge in [-0.3, -0.25) is 9.69 Å². The summed E-state index contributed by atoms with van der Waals surface area (Å²) in [6.07, 6.45) is 1.23. The zero-order chi connectivity index (χ0) is 13.8. The third kappa shape index (κ3) is 4.31. The second-order valence-electron chi connectivity index (χ2n) is 5.70. The lowest BCUT2D eigenvalue weighted by Crippen LogP contribution is -2.42. The summed E-state index contributed by atoms with van der Waals surface area (Å²) in [4.78, 5) is 14.1. The normalized spacial score (nSPS) is 24.2. The number of amides is 1. The maximum absolute atomic E-state index is 12.8. The molecule has 1 aromatic rings. The summed E-state index contributed by atoms with van der Waals surface area (Å²) in [5.41, 5.74) is 0.643. The van der Waals surface area contributed by atoms with Gasteiger partial charge in [-0.05, 0) is 42.5 Å². The zero-order valence-electron chi connectivity index (χ0n) is 11.5. The molecule has 0 saturated carbocycles. The fourth-order valence-electron chi connectivity index (χ4n) is 2.86. The Hall–Kier alpha value is -1.42. The van der Waals surface area contributed by atoms with Crippen LogP contribution in [0.3, 0.4) is 0 Å². The minimum Gasteiger partial charge on any atom is -0.325 e. The van der Waals surface area contributed by atoms with E-state index in [1.165, 1.54) is 18.6 Å². The number of benzene rings is 1. The second-order valence-corrected chi connectivity index (χ2v) is 5.70. The van der Waals surface area contributed by atoms with Crippen molar-refractivity contribution in [2.45, 2.75) is 20.3 Å². The molecule has 1 N–H and O–H groups in total. The Kier molecular flexibility index (Phi) is 4.53. The van der Waals surface area contributed by atoms with Gasteiger partial charge < -0.3 is 5.32 Å². The van der Waals surface area contributed by atoms with E-state index in [0.717, 1.165) is 13.1 Å². The number of carbonyl (C=O) groups excluding carboxylic acids is 1. The van der Waals surface area contributed by atoms with Crippen molar-refractivity contribution in [3.8, 4) is 0 Å². The molecule has 0 aliphatic carbocycles. The van der Waals surface area contributed by atoms with Crippen LogP contribution in [0.15, 0.2) is 24.3 Å². The van der Waals surface area contributed by atoms with Crippen LogP contribution < -0.4 is 5.32 Å². The molecule has 1 aromatic carbocycles. The van der Waals surface area contributed by atoms with E-state index in [1.54, 1.807) is 12.1 Å². The number of hydrogen-bond acceptors (Lipinski definition) is 2. The van der Waals surface area contributed by atoms with E-state index in [2.05, 4.69) is 24.1 Å². The van der Waals surface area contributed by atoms with Crippen molar-refractivity contribution in [1.29, 1.82) is 0 Å². The van der Waals surface area contributed by atoms with Gasteiger partial charge in [0, 0.05) is 18.8 Å². The zero-order valence-corrected chi connectivity index (χ0v) is 11.5. The molecule has 2 rings (SSSR count). The Labute approximate surface area is 113 Å². The number of likely N-dealkylation sites (tertiary alicyclic amines) is 1. The molecule has 0 unspecified atom stereocenters. The van der Waals surface area contributed by atoms with Gasteiger partial charge in [0.15, 0.2) is 0 Å². The third-order valence-electron chi connectivity index (χ3n) is 3.44. The van der Waals surface area contributed by atoms with Gasteiger partial charge in [-0.25, -0.2) is 4.39 Å². The first-order valence-electron chi connectivity index (χ1n) is 6.80. The Morgan fingerprint density at radius 3 is 2.42 bits per heavy atom. The fraction of sp³-hybridized carbons (Fsp3) is 0.533.